The third-order valence-corrected chi connectivity index (χ3v) is 2.99. The third kappa shape index (κ3) is 2.69. The van der Waals surface area contributed by atoms with Crippen molar-refractivity contribution in [3.8, 4) is 0 Å². The van der Waals surface area contributed by atoms with Gasteiger partial charge in [0.2, 0.25) is 0 Å². The molecule has 2 rings (SSSR count). The fourth-order valence-electron chi connectivity index (χ4n) is 2.10. The van der Waals surface area contributed by atoms with Crippen molar-refractivity contribution in [3.63, 3.8) is 0 Å². The molecule has 98 valence electrons. The molecular formula is C12H16N2O4. The zero-order chi connectivity index (χ0) is 13.0. The molecule has 0 radical (unpaired) electrons. The summed E-state index contributed by atoms with van der Waals surface area (Å²) in [6, 6.07) is 1.52. The van der Waals surface area contributed by atoms with E-state index in [1.807, 2.05) is 0 Å². The molecule has 1 saturated heterocycles. The van der Waals surface area contributed by atoms with E-state index in [2.05, 4.69) is 9.68 Å². The summed E-state index contributed by atoms with van der Waals surface area (Å²) in [5.74, 6) is -0.651. The quantitative estimate of drug-likeness (QED) is 0.753. The van der Waals surface area contributed by atoms with Crippen LogP contribution in [0.15, 0.2) is 16.9 Å². The molecule has 0 aliphatic carbocycles. The number of carbonyl (C=O) groups is 2. The standard InChI is InChI=1S/C12H16N2O4/c1-2-17-12(16)9-4-3-6-14(8-9)11(15)10-5-7-18-13-10/h5,7,9H,2-4,6,8H2,1H3. The lowest BCUT2D eigenvalue weighted by molar-refractivity contribution is -0.149. The number of ether oxygens (including phenoxy) is 1. The largest absolute Gasteiger partial charge is 0.466 e. The predicted octanol–water partition coefficient (Wildman–Crippen LogP) is 1.09. The van der Waals surface area contributed by atoms with Crippen LogP contribution in [0.2, 0.25) is 0 Å². The Morgan fingerprint density at radius 1 is 1.61 bits per heavy atom. The number of rotatable bonds is 3. The van der Waals surface area contributed by atoms with Crippen molar-refractivity contribution >= 4 is 11.9 Å². The van der Waals surface area contributed by atoms with E-state index >= 15 is 0 Å². The number of piperidine rings is 1. The number of hydrogen-bond donors (Lipinski definition) is 0. The monoisotopic (exact) mass is 252 g/mol. The summed E-state index contributed by atoms with van der Waals surface area (Å²) in [6.45, 7) is 3.18. The minimum Gasteiger partial charge on any atom is -0.466 e. The van der Waals surface area contributed by atoms with Crippen LogP contribution in [-0.2, 0) is 9.53 Å². The molecule has 0 spiro atoms. The van der Waals surface area contributed by atoms with E-state index in [1.54, 1.807) is 11.8 Å². The van der Waals surface area contributed by atoms with E-state index in [9.17, 15) is 9.59 Å². The van der Waals surface area contributed by atoms with E-state index in [4.69, 9.17) is 4.74 Å². The molecule has 6 nitrogen and oxygen atoms in total. The van der Waals surface area contributed by atoms with Crippen LogP contribution in [0.1, 0.15) is 30.3 Å². The number of nitrogens with zero attached hydrogens (tertiary/aromatic N) is 2. The molecule has 18 heavy (non-hydrogen) atoms. The maximum atomic E-state index is 12.0. The molecule has 1 amide bonds. The van der Waals surface area contributed by atoms with Gasteiger partial charge in [-0.25, -0.2) is 0 Å². The van der Waals surface area contributed by atoms with Crippen LogP contribution in [0.25, 0.3) is 0 Å². The number of amides is 1. The SMILES string of the molecule is CCOC(=O)C1CCCN(C(=O)c2ccon2)C1. The van der Waals surface area contributed by atoms with Crippen molar-refractivity contribution in [2.45, 2.75) is 19.8 Å². The molecule has 1 unspecified atom stereocenters. The van der Waals surface area contributed by atoms with Crippen molar-refractivity contribution in [1.82, 2.24) is 10.1 Å². The van der Waals surface area contributed by atoms with Crippen LogP contribution in [0, 0.1) is 5.92 Å². The Kier molecular flexibility index (Phi) is 3.96. The molecule has 0 N–H and O–H groups in total. The van der Waals surface area contributed by atoms with Crippen LogP contribution in [0.4, 0.5) is 0 Å². The van der Waals surface area contributed by atoms with E-state index in [0.717, 1.165) is 12.8 Å². The van der Waals surface area contributed by atoms with Crippen LogP contribution < -0.4 is 0 Å². The van der Waals surface area contributed by atoms with Crippen molar-refractivity contribution in [2.24, 2.45) is 5.92 Å². The molecule has 2 heterocycles. The Hall–Kier alpha value is -1.85. The number of hydrogen-bond acceptors (Lipinski definition) is 5. The number of likely N-dealkylation sites (tertiary alicyclic amines) is 1. The lowest BCUT2D eigenvalue weighted by atomic mass is 9.98. The number of esters is 1. The Labute approximate surface area is 105 Å². The average molecular weight is 252 g/mol. The maximum absolute atomic E-state index is 12.0. The number of carbonyl (C=O) groups excluding carboxylic acids is 2. The fraction of sp³-hybridized carbons (Fsp3) is 0.583. The first-order chi connectivity index (χ1) is 8.72. The smallest absolute Gasteiger partial charge is 0.310 e. The van der Waals surface area contributed by atoms with Gasteiger partial charge in [0.25, 0.3) is 5.91 Å². The molecule has 1 aromatic rings. The fourth-order valence-corrected chi connectivity index (χ4v) is 2.10. The summed E-state index contributed by atoms with van der Waals surface area (Å²) in [4.78, 5) is 25.3. The lowest BCUT2D eigenvalue weighted by Gasteiger charge is -2.30. The Bertz CT molecular complexity index is 416. The summed E-state index contributed by atoms with van der Waals surface area (Å²) in [5, 5.41) is 3.62. The molecule has 1 aliphatic heterocycles. The second-order valence-electron chi connectivity index (χ2n) is 4.23. The first-order valence-electron chi connectivity index (χ1n) is 6.08. The molecule has 0 bridgehead atoms. The van der Waals surface area contributed by atoms with E-state index in [-0.39, 0.29) is 23.5 Å². The van der Waals surface area contributed by atoms with Crippen LogP contribution in [0.3, 0.4) is 0 Å². The Balaban J connectivity index is 1.98. The minimum absolute atomic E-state index is 0.197. The van der Waals surface area contributed by atoms with Crippen molar-refractivity contribution in [2.75, 3.05) is 19.7 Å². The molecule has 6 heteroatoms. The minimum atomic E-state index is -0.227. The molecule has 1 atom stereocenters. The van der Waals surface area contributed by atoms with Gasteiger partial charge in [0, 0.05) is 19.2 Å². The summed E-state index contributed by atoms with van der Waals surface area (Å²) in [6.07, 6.45) is 2.93. The van der Waals surface area contributed by atoms with Crippen LogP contribution in [0.5, 0.6) is 0 Å². The second-order valence-corrected chi connectivity index (χ2v) is 4.23. The Morgan fingerprint density at radius 3 is 3.11 bits per heavy atom. The zero-order valence-corrected chi connectivity index (χ0v) is 10.3. The van der Waals surface area contributed by atoms with Gasteiger partial charge in [-0.15, -0.1) is 0 Å². The van der Waals surface area contributed by atoms with Crippen LogP contribution >= 0.6 is 0 Å². The lowest BCUT2D eigenvalue weighted by Crippen LogP contribution is -2.42. The molecule has 1 aromatic heterocycles. The molecule has 1 fully saturated rings. The summed E-state index contributed by atoms with van der Waals surface area (Å²) >= 11 is 0. The molecule has 0 aromatic carbocycles. The van der Waals surface area contributed by atoms with E-state index in [1.165, 1.54) is 12.3 Å². The third-order valence-electron chi connectivity index (χ3n) is 2.99. The van der Waals surface area contributed by atoms with Gasteiger partial charge in [-0.05, 0) is 19.8 Å². The normalized spacial score (nSPS) is 19.6. The van der Waals surface area contributed by atoms with Gasteiger partial charge in [0.05, 0.1) is 12.5 Å². The van der Waals surface area contributed by atoms with E-state index in [0.29, 0.717) is 19.7 Å². The van der Waals surface area contributed by atoms with Gasteiger partial charge in [0.1, 0.15) is 6.26 Å². The Morgan fingerprint density at radius 2 is 2.44 bits per heavy atom. The molecule has 0 saturated carbocycles. The summed E-state index contributed by atoms with van der Waals surface area (Å²) in [5.41, 5.74) is 0.277. The molecule has 1 aliphatic rings. The first kappa shape index (κ1) is 12.6. The van der Waals surface area contributed by atoms with Gasteiger partial charge < -0.3 is 14.2 Å². The average Bonchev–Trinajstić information content (AvgIpc) is 2.92. The topological polar surface area (TPSA) is 72.6 Å². The highest BCUT2D eigenvalue weighted by atomic mass is 16.5. The maximum Gasteiger partial charge on any atom is 0.310 e. The van der Waals surface area contributed by atoms with Gasteiger partial charge in [0.15, 0.2) is 5.69 Å². The van der Waals surface area contributed by atoms with Gasteiger partial charge in [-0.1, -0.05) is 5.16 Å². The van der Waals surface area contributed by atoms with Gasteiger partial charge in [-0.2, -0.15) is 0 Å². The highest BCUT2D eigenvalue weighted by Gasteiger charge is 2.30. The van der Waals surface area contributed by atoms with Gasteiger partial charge >= 0.3 is 5.97 Å². The predicted molar refractivity (Wildman–Crippen MR) is 61.8 cm³/mol. The van der Waals surface area contributed by atoms with Crippen molar-refractivity contribution in [1.29, 1.82) is 0 Å². The van der Waals surface area contributed by atoms with Gasteiger partial charge in [-0.3, -0.25) is 9.59 Å². The highest BCUT2D eigenvalue weighted by Crippen LogP contribution is 2.19. The zero-order valence-electron chi connectivity index (χ0n) is 10.3. The second kappa shape index (κ2) is 5.66. The summed E-state index contributed by atoms with van der Waals surface area (Å²) in [7, 11) is 0. The summed E-state index contributed by atoms with van der Waals surface area (Å²) < 4.78 is 9.64. The number of aromatic nitrogens is 1. The first-order valence-corrected chi connectivity index (χ1v) is 6.08. The van der Waals surface area contributed by atoms with Crippen LogP contribution in [-0.4, -0.2) is 41.6 Å². The van der Waals surface area contributed by atoms with Crippen molar-refractivity contribution in [3.05, 3.63) is 18.0 Å². The van der Waals surface area contributed by atoms with E-state index < -0.39 is 0 Å². The highest BCUT2D eigenvalue weighted by molar-refractivity contribution is 5.92. The van der Waals surface area contributed by atoms with Crippen molar-refractivity contribution < 1.29 is 18.8 Å². The molecular weight excluding hydrogens is 236 g/mol.